The Balaban J connectivity index is 1.85. The molecule has 1 heterocycles. The van der Waals surface area contributed by atoms with Gasteiger partial charge in [-0.15, -0.1) is 0 Å². The van der Waals surface area contributed by atoms with Crippen LogP contribution in [0.25, 0.3) is 0 Å². The lowest BCUT2D eigenvalue weighted by atomic mass is 9.87. The Morgan fingerprint density at radius 2 is 2.19 bits per heavy atom. The van der Waals surface area contributed by atoms with Gasteiger partial charge in [0.05, 0.1) is 0 Å². The van der Waals surface area contributed by atoms with Crippen LogP contribution in [0.5, 0.6) is 0 Å². The third-order valence-corrected chi connectivity index (χ3v) is 3.66. The minimum atomic E-state index is 0.707. The highest BCUT2D eigenvalue weighted by Crippen LogP contribution is 2.24. The molecular formula is C14H23NO. The fourth-order valence-corrected chi connectivity index (χ4v) is 2.73. The second-order valence-electron chi connectivity index (χ2n) is 5.29. The van der Waals surface area contributed by atoms with Gasteiger partial charge in [0.25, 0.3) is 0 Å². The zero-order valence-corrected chi connectivity index (χ0v) is 10.7. The molecule has 1 aliphatic carbocycles. The van der Waals surface area contributed by atoms with Crippen molar-refractivity contribution in [2.45, 2.75) is 59.0 Å². The van der Waals surface area contributed by atoms with Gasteiger partial charge in [-0.3, -0.25) is 0 Å². The molecule has 0 aliphatic heterocycles. The van der Waals surface area contributed by atoms with E-state index in [0.29, 0.717) is 6.04 Å². The summed E-state index contributed by atoms with van der Waals surface area (Å²) in [6.45, 7) is 7.38. The van der Waals surface area contributed by atoms with E-state index in [1.54, 1.807) is 0 Å². The average Bonchev–Trinajstić information content (AvgIpc) is 2.54. The van der Waals surface area contributed by atoms with Gasteiger partial charge in [-0.1, -0.05) is 19.8 Å². The number of furan rings is 1. The van der Waals surface area contributed by atoms with Crippen LogP contribution in [0, 0.1) is 19.8 Å². The van der Waals surface area contributed by atoms with Gasteiger partial charge in [-0.2, -0.15) is 0 Å². The molecule has 0 amide bonds. The molecule has 90 valence electrons. The summed E-state index contributed by atoms with van der Waals surface area (Å²) in [4.78, 5) is 0. The van der Waals surface area contributed by atoms with Crippen molar-refractivity contribution in [1.82, 2.24) is 5.32 Å². The molecule has 0 spiro atoms. The zero-order valence-electron chi connectivity index (χ0n) is 10.7. The van der Waals surface area contributed by atoms with Crippen molar-refractivity contribution in [2.24, 2.45) is 5.92 Å². The van der Waals surface area contributed by atoms with Crippen LogP contribution in [0.4, 0.5) is 0 Å². The Kier molecular flexibility index (Phi) is 3.70. The molecular weight excluding hydrogens is 198 g/mol. The summed E-state index contributed by atoms with van der Waals surface area (Å²) in [6.07, 6.45) is 5.44. The van der Waals surface area contributed by atoms with E-state index in [-0.39, 0.29) is 0 Å². The third-order valence-electron chi connectivity index (χ3n) is 3.66. The normalized spacial score (nSPS) is 25.9. The minimum absolute atomic E-state index is 0.707. The molecule has 2 nitrogen and oxygen atoms in total. The summed E-state index contributed by atoms with van der Waals surface area (Å²) in [5, 5.41) is 3.66. The van der Waals surface area contributed by atoms with E-state index in [2.05, 4.69) is 18.3 Å². The van der Waals surface area contributed by atoms with Gasteiger partial charge < -0.3 is 9.73 Å². The predicted molar refractivity (Wildman–Crippen MR) is 66.4 cm³/mol. The molecule has 0 saturated heterocycles. The van der Waals surface area contributed by atoms with Crippen LogP contribution in [-0.2, 0) is 6.54 Å². The van der Waals surface area contributed by atoms with E-state index in [0.717, 1.165) is 24.0 Å². The third kappa shape index (κ3) is 2.88. The fourth-order valence-electron chi connectivity index (χ4n) is 2.73. The highest BCUT2D eigenvalue weighted by atomic mass is 16.3. The highest BCUT2D eigenvalue weighted by Gasteiger charge is 2.18. The van der Waals surface area contributed by atoms with Gasteiger partial charge in [0.1, 0.15) is 11.5 Å². The number of rotatable bonds is 3. The molecule has 1 aromatic rings. The summed E-state index contributed by atoms with van der Waals surface area (Å²) in [7, 11) is 0. The van der Waals surface area contributed by atoms with Crippen molar-refractivity contribution in [1.29, 1.82) is 0 Å². The summed E-state index contributed by atoms with van der Waals surface area (Å²) in [6, 6.07) is 2.85. The van der Waals surface area contributed by atoms with Crippen LogP contribution in [0.15, 0.2) is 10.5 Å². The molecule has 2 unspecified atom stereocenters. The summed E-state index contributed by atoms with van der Waals surface area (Å²) in [5.74, 6) is 2.97. The molecule has 0 radical (unpaired) electrons. The highest BCUT2D eigenvalue weighted by molar-refractivity contribution is 5.19. The number of hydrogen-bond acceptors (Lipinski definition) is 2. The second-order valence-corrected chi connectivity index (χ2v) is 5.29. The first-order valence-corrected chi connectivity index (χ1v) is 6.44. The van der Waals surface area contributed by atoms with Gasteiger partial charge in [-0.05, 0) is 38.7 Å². The molecule has 0 aromatic carbocycles. The summed E-state index contributed by atoms with van der Waals surface area (Å²) < 4.78 is 5.54. The second kappa shape index (κ2) is 5.05. The van der Waals surface area contributed by atoms with Crippen LogP contribution in [-0.4, -0.2) is 6.04 Å². The number of hydrogen-bond donors (Lipinski definition) is 1. The quantitative estimate of drug-likeness (QED) is 0.844. The van der Waals surface area contributed by atoms with Crippen LogP contribution < -0.4 is 5.32 Å². The molecule has 0 bridgehead atoms. The SMILES string of the molecule is Cc1cc(CNC2CCCC(C)C2)c(C)o1. The average molecular weight is 221 g/mol. The van der Waals surface area contributed by atoms with Gasteiger partial charge in [-0.25, -0.2) is 0 Å². The molecule has 1 saturated carbocycles. The largest absolute Gasteiger partial charge is 0.466 e. The summed E-state index contributed by atoms with van der Waals surface area (Å²) in [5.41, 5.74) is 1.32. The maximum absolute atomic E-state index is 5.54. The maximum Gasteiger partial charge on any atom is 0.105 e. The van der Waals surface area contributed by atoms with Crippen molar-refractivity contribution in [3.05, 3.63) is 23.2 Å². The lowest BCUT2D eigenvalue weighted by molar-refractivity contribution is 0.300. The van der Waals surface area contributed by atoms with Crippen molar-refractivity contribution in [3.63, 3.8) is 0 Å². The van der Waals surface area contributed by atoms with Crippen LogP contribution in [0.2, 0.25) is 0 Å². The van der Waals surface area contributed by atoms with E-state index in [1.165, 1.54) is 31.2 Å². The van der Waals surface area contributed by atoms with Crippen molar-refractivity contribution in [3.8, 4) is 0 Å². The van der Waals surface area contributed by atoms with E-state index in [1.807, 2.05) is 13.8 Å². The first-order chi connectivity index (χ1) is 7.65. The van der Waals surface area contributed by atoms with Crippen molar-refractivity contribution >= 4 is 0 Å². The molecule has 2 rings (SSSR count). The zero-order chi connectivity index (χ0) is 11.5. The first kappa shape index (κ1) is 11.7. The first-order valence-electron chi connectivity index (χ1n) is 6.44. The molecule has 1 aliphatic rings. The van der Waals surface area contributed by atoms with E-state index < -0.39 is 0 Å². The Bertz CT molecular complexity index is 343. The standard InChI is InChI=1S/C14H23NO/c1-10-5-4-6-14(7-10)15-9-13-8-11(2)16-12(13)3/h8,10,14-15H,4-7,9H2,1-3H3. The van der Waals surface area contributed by atoms with Gasteiger partial charge in [0, 0.05) is 18.2 Å². The van der Waals surface area contributed by atoms with Crippen LogP contribution >= 0.6 is 0 Å². The smallest absolute Gasteiger partial charge is 0.105 e. The van der Waals surface area contributed by atoms with Crippen molar-refractivity contribution in [2.75, 3.05) is 0 Å². The molecule has 2 atom stereocenters. The predicted octanol–water partition coefficient (Wildman–Crippen LogP) is 3.56. The molecule has 1 fully saturated rings. The topological polar surface area (TPSA) is 25.2 Å². The molecule has 1 N–H and O–H groups in total. The van der Waals surface area contributed by atoms with Crippen molar-refractivity contribution < 1.29 is 4.42 Å². The van der Waals surface area contributed by atoms with E-state index >= 15 is 0 Å². The molecule has 16 heavy (non-hydrogen) atoms. The van der Waals surface area contributed by atoms with Crippen LogP contribution in [0.3, 0.4) is 0 Å². The fraction of sp³-hybridized carbons (Fsp3) is 0.714. The van der Waals surface area contributed by atoms with Crippen LogP contribution in [0.1, 0.15) is 49.7 Å². The Labute approximate surface area is 98.4 Å². The van der Waals surface area contributed by atoms with Gasteiger partial charge in [0.15, 0.2) is 0 Å². The van der Waals surface area contributed by atoms with E-state index in [9.17, 15) is 0 Å². The number of aryl methyl sites for hydroxylation is 2. The Hall–Kier alpha value is -0.760. The Morgan fingerprint density at radius 1 is 1.38 bits per heavy atom. The minimum Gasteiger partial charge on any atom is -0.466 e. The lowest BCUT2D eigenvalue weighted by Crippen LogP contribution is -2.33. The number of nitrogens with one attached hydrogen (secondary N) is 1. The van der Waals surface area contributed by atoms with Gasteiger partial charge in [0.2, 0.25) is 0 Å². The van der Waals surface area contributed by atoms with Gasteiger partial charge >= 0.3 is 0 Å². The van der Waals surface area contributed by atoms with E-state index in [4.69, 9.17) is 4.42 Å². The molecule has 1 aromatic heterocycles. The summed E-state index contributed by atoms with van der Waals surface area (Å²) >= 11 is 0. The lowest BCUT2D eigenvalue weighted by Gasteiger charge is -2.27. The molecule has 2 heteroatoms. The maximum atomic E-state index is 5.54. The monoisotopic (exact) mass is 221 g/mol. The Morgan fingerprint density at radius 3 is 2.81 bits per heavy atom.